The minimum Gasteiger partial charge on any atom is -0.372 e. The fourth-order valence-corrected chi connectivity index (χ4v) is 4.23. The third-order valence-electron chi connectivity index (χ3n) is 6.68. The Morgan fingerprint density at radius 1 is 0.875 bits per heavy atom. The number of rotatable bonds is 9. The molecule has 1 aliphatic rings. The van der Waals surface area contributed by atoms with E-state index < -0.39 is 0 Å². The number of hydrogen-bond donors (Lipinski definition) is 1. The van der Waals surface area contributed by atoms with Gasteiger partial charge in [-0.25, -0.2) is 4.39 Å². The average molecular weight is 659 g/mol. The third kappa shape index (κ3) is 22.6. The second-order valence-electron chi connectivity index (χ2n) is 11.6. The van der Waals surface area contributed by atoms with Crippen LogP contribution in [0.2, 0.25) is 0 Å². The molecule has 1 aliphatic heterocycles. The number of aryl methyl sites for hydroxylation is 3. The van der Waals surface area contributed by atoms with Crippen molar-refractivity contribution in [1.82, 2.24) is 4.90 Å². The molecule has 0 spiro atoms. The van der Waals surface area contributed by atoms with Gasteiger partial charge in [-0.1, -0.05) is 115 Å². The lowest BCUT2D eigenvalue weighted by Gasteiger charge is -2.22. The SMILES string of the molecule is C=C(C)c1cc(C)cc(F)c1.C=C(Nc1ccc(C)cc1C)/C(C)=C/C(=C\C)C(=C)N1CCCC1.C=CC.C=CCCC.CC.CCC. The van der Waals surface area contributed by atoms with Crippen molar-refractivity contribution in [3.63, 3.8) is 0 Å². The van der Waals surface area contributed by atoms with Crippen LogP contribution in [0.4, 0.5) is 10.1 Å². The van der Waals surface area contributed by atoms with Gasteiger partial charge in [0.05, 0.1) is 0 Å². The maximum Gasteiger partial charge on any atom is 0.124 e. The van der Waals surface area contributed by atoms with Crippen molar-refractivity contribution >= 4 is 11.3 Å². The van der Waals surface area contributed by atoms with Crippen molar-refractivity contribution in [1.29, 1.82) is 0 Å². The summed E-state index contributed by atoms with van der Waals surface area (Å²) in [5.41, 5.74) is 10.7. The van der Waals surface area contributed by atoms with E-state index in [0.29, 0.717) is 0 Å². The molecule has 2 nitrogen and oxygen atoms in total. The monoisotopic (exact) mass is 659 g/mol. The van der Waals surface area contributed by atoms with Crippen LogP contribution in [0.15, 0.2) is 116 Å². The van der Waals surface area contributed by atoms with Gasteiger partial charge in [0.15, 0.2) is 0 Å². The predicted octanol–water partition coefficient (Wildman–Crippen LogP) is 14.5. The lowest BCUT2D eigenvalue weighted by Crippen LogP contribution is -2.18. The molecule has 268 valence electrons. The van der Waals surface area contributed by atoms with Crippen molar-refractivity contribution in [3.8, 4) is 0 Å². The molecule has 2 aromatic carbocycles. The Morgan fingerprint density at radius 2 is 1.42 bits per heavy atom. The molecule has 1 fully saturated rings. The van der Waals surface area contributed by atoms with Crippen LogP contribution in [0.5, 0.6) is 0 Å². The van der Waals surface area contributed by atoms with Gasteiger partial charge in [0.2, 0.25) is 0 Å². The molecule has 0 radical (unpaired) electrons. The summed E-state index contributed by atoms with van der Waals surface area (Å²) in [6.07, 6.45) is 14.1. The summed E-state index contributed by atoms with van der Waals surface area (Å²) in [5, 5.41) is 3.44. The quantitative estimate of drug-likeness (QED) is 0.213. The molecule has 0 bridgehead atoms. The molecular weight excluding hydrogens is 588 g/mol. The first kappa shape index (κ1) is 48.5. The van der Waals surface area contributed by atoms with E-state index in [9.17, 15) is 4.39 Å². The smallest absolute Gasteiger partial charge is 0.124 e. The van der Waals surface area contributed by atoms with Crippen LogP contribution >= 0.6 is 0 Å². The second-order valence-corrected chi connectivity index (χ2v) is 11.6. The molecule has 3 rings (SSSR count). The van der Waals surface area contributed by atoms with Crippen LogP contribution < -0.4 is 5.32 Å². The number of benzene rings is 2. The number of halogens is 1. The topological polar surface area (TPSA) is 15.3 Å². The molecule has 0 unspecified atom stereocenters. The third-order valence-corrected chi connectivity index (χ3v) is 6.68. The molecular formula is C45H71FN2. The number of allylic oxidation sites excluding steroid dienone is 6. The van der Waals surface area contributed by atoms with Crippen LogP contribution in [0.1, 0.15) is 117 Å². The Kier molecular flexibility index (Phi) is 30.8. The Balaban J connectivity index is -0.000000694. The molecule has 0 amide bonds. The molecule has 0 saturated carbocycles. The van der Waals surface area contributed by atoms with Crippen molar-refractivity contribution in [2.45, 2.75) is 115 Å². The van der Waals surface area contributed by atoms with Crippen molar-refractivity contribution in [2.75, 3.05) is 18.4 Å². The van der Waals surface area contributed by atoms with Crippen LogP contribution in [0, 0.1) is 26.6 Å². The van der Waals surface area contributed by atoms with Crippen LogP contribution in [-0.4, -0.2) is 18.0 Å². The van der Waals surface area contributed by atoms with Gasteiger partial charge in [0.1, 0.15) is 5.82 Å². The van der Waals surface area contributed by atoms with Crippen molar-refractivity contribution in [2.24, 2.45) is 0 Å². The zero-order chi connectivity index (χ0) is 37.7. The first-order valence-corrected chi connectivity index (χ1v) is 17.7. The molecule has 1 N–H and O–H groups in total. The summed E-state index contributed by atoms with van der Waals surface area (Å²) in [4.78, 5) is 2.37. The van der Waals surface area contributed by atoms with Crippen molar-refractivity contribution in [3.05, 3.63) is 144 Å². The number of nitrogens with zero attached hydrogens (tertiary/aromatic N) is 1. The highest BCUT2D eigenvalue weighted by Crippen LogP contribution is 2.24. The maximum atomic E-state index is 12.7. The summed E-state index contributed by atoms with van der Waals surface area (Å²) in [7, 11) is 0. The number of unbranched alkanes of at least 4 members (excludes halogenated alkanes) is 1. The van der Waals surface area contributed by atoms with E-state index in [1.54, 1.807) is 6.08 Å². The van der Waals surface area contributed by atoms with E-state index in [-0.39, 0.29) is 5.82 Å². The largest absolute Gasteiger partial charge is 0.372 e. The molecule has 1 heterocycles. The number of nitrogens with one attached hydrogen (secondary N) is 1. The van der Waals surface area contributed by atoms with Gasteiger partial charge in [-0.15, -0.1) is 13.2 Å². The number of likely N-dealkylation sites (tertiary alicyclic amines) is 1. The second kappa shape index (κ2) is 30.5. The summed E-state index contributed by atoms with van der Waals surface area (Å²) in [6, 6.07) is 11.3. The molecule has 0 aliphatic carbocycles. The Labute approximate surface area is 297 Å². The summed E-state index contributed by atoms with van der Waals surface area (Å²) in [6.45, 7) is 45.8. The summed E-state index contributed by atoms with van der Waals surface area (Å²) in [5.74, 6) is -0.192. The van der Waals surface area contributed by atoms with Gasteiger partial charge in [-0.3, -0.25) is 0 Å². The van der Waals surface area contributed by atoms with Crippen LogP contribution in [-0.2, 0) is 0 Å². The van der Waals surface area contributed by atoms with Crippen LogP contribution in [0.3, 0.4) is 0 Å². The number of anilines is 1. The Hall–Kier alpha value is -3.85. The van der Waals surface area contributed by atoms with Gasteiger partial charge >= 0.3 is 0 Å². The zero-order valence-corrected chi connectivity index (χ0v) is 33.1. The zero-order valence-electron chi connectivity index (χ0n) is 33.1. The van der Waals surface area contributed by atoms with Gasteiger partial charge in [0.25, 0.3) is 0 Å². The first-order chi connectivity index (χ1) is 22.8. The minimum atomic E-state index is -0.192. The highest BCUT2D eigenvalue weighted by atomic mass is 19.1. The van der Waals surface area contributed by atoms with E-state index in [2.05, 4.69) is 122 Å². The summed E-state index contributed by atoms with van der Waals surface area (Å²) < 4.78 is 12.7. The summed E-state index contributed by atoms with van der Waals surface area (Å²) >= 11 is 0. The maximum absolute atomic E-state index is 12.7. The standard InChI is InChI=1S/C22H30N2.C10H11F.C5H10.C3H8.C3H6.C2H6/c1-7-21(20(6)24-12-8-9-13-24)15-17(3)19(5)23-22-11-10-16(2)14-18(22)4;1-7(2)9-4-8(3)5-10(11)6-9;1-3-5-4-2;2*1-3-2;1-2/h7,10-11,14-15,23H,5-6,8-9,12-13H2,1-4H3;4-6H,1H2,2-3H3;3H,1,4-5H2,2H3;3H2,1-2H3;3H,1H2,2H3;1-2H3/b17-15+,21-7+;;;;;. The van der Waals surface area contributed by atoms with Gasteiger partial charge in [-0.2, -0.15) is 0 Å². The molecule has 1 saturated heterocycles. The lowest BCUT2D eigenvalue weighted by molar-refractivity contribution is 0.438. The van der Waals surface area contributed by atoms with Crippen LogP contribution in [0.25, 0.3) is 5.57 Å². The highest BCUT2D eigenvalue weighted by Gasteiger charge is 2.15. The normalized spacial score (nSPS) is 11.6. The molecule has 2 aromatic rings. The van der Waals surface area contributed by atoms with E-state index in [1.165, 1.54) is 54.5 Å². The van der Waals surface area contributed by atoms with Gasteiger partial charge in [-0.05, 0) is 120 Å². The van der Waals surface area contributed by atoms with Gasteiger partial charge in [0, 0.05) is 30.2 Å². The van der Waals surface area contributed by atoms with Gasteiger partial charge < -0.3 is 10.2 Å². The fraction of sp³-hybridized carbons (Fsp3) is 0.422. The molecule has 0 atom stereocenters. The fourth-order valence-electron chi connectivity index (χ4n) is 4.23. The highest BCUT2D eigenvalue weighted by molar-refractivity contribution is 5.62. The predicted molar refractivity (Wildman–Crippen MR) is 220 cm³/mol. The van der Waals surface area contributed by atoms with Crippen molar-refractivity contribution < 1.29 is 4.39 Å². The first-order valence-electron chi connectivity index (χ1n) is 17.7. The van der Waals surface area contributed by atoms with E-state index >= 15 is 0 Å². The average Bonchev–Trinajstić information content (AvgIpc) is 3.58. The molecule has 0 aromatic heterocycles. The molecule has 48 heavy (non-hydrogen) atoms. The Morgan fingerprint density at radius 3 is 1.81 bits per heavy atom. The molecule has 3 heteroatoms. The minimum absolute atomic E-state index is 0.192. The Bertz CT molecular complexity index is 1270. The van der Waals surface area contributed by atoms with E-state index in [0.717, 1.165) is 58.9 Å². The van der Waals surface area contributed by atoms with E-state index in [4.69, 9.17) is 0 Å². The van der Waals surface area contributed by atoms with E-state index in [1.807, 2.05) is 46.8 Å². The lowest BCUT2D eigenvalue weighted by atomic mass is 10.1. The number of hydrogen-bond acceptors (Lipinski definition) is 2.